The Labute approximate surface area is 114 Å². The molecule has 1 heterocycles. The molecule has 7 heteroatoms. The molecule has 0 saturated heterocycles. The molecule has 0 saturated carbocycles. The van der Waals surface area contributed by atoms with E-state index in [0.29, 0.717) is 6.07 Å². The smallest absolute Gasteiger partial charge is 0.261 e. The van der Waals surface area contributed by atoms with Crippen molar-refractivity contribution >= 4 is 27.5 Å². The van der Waals surface area contributed by atoms with Crippen LogP contribution in [0.5, 0.6) is 0 Å². The zero-order valence-electron chi connectivity index (χ0n) is 9.34. The first-order chi connectivity index (χ1) is 8.99. The van der Waals surface area contributed by atoms with E-state index in [-0.39, 0.29) is 15.7 Å². The number of carbonyl (C=O) groups is 1. The molecule has 0 aliphatic rings. The van der Waals surface area contributed by atoms with Gasteiger partial charge in [0, 0.05) is 29.0 Å². The van der Waals surface area contributed by atoms with E-state index in [1.807, 2.05) is 0 Å². The molecule has 98 valence electrons. The van der Waals surface area contributed by atoms with Gasteiger partial charge in [-0.15, -0.1) is 0 Å². The van der Waals surface area contributed by atoms with E-state index in [1.165, 1.54) is 18.5 Å². The predicted octanol–water partition coefficient (Wildman–Crippen LogP) is 2.67. The van der Waals surface area contributed by atoms with Gasteiger partial charge in [-0.3, -0.25) is 9.59 Å². The lowest BCUT2D eigenvalue weighted by molar-refractivity contribution is 0.102. The molecule has 0 unspecified atom stereocenters. The molecule has 0 bridgehead atoms. The number of carbonyl (C=O) groups excluding carboxylic acids is 1. The van der Waals surface area contributed by atoms with Gasteiger partial charge >= 0.3 is 0 Å². The summed E-state index contributed by atoms with van der Waals surface area (Å²) in [7, 11) is 0. The summed E-state index contributed by atoms with van der Waals surface area (Å²) in [4.78, 5) is 25.8. The summed E-state index contributed by atoms with van der Waals surface area (Å²) in [5.74, 6) is -2.50. The maximum absolute atomic E-state index is 13.5. The lowest BCUT2D eigenvalue weighted by atomic mass is 10.2. The second kappa shape index (κ2) is 5.31. The Morgan fingerprint density at radius 1 is 1.32 bits per heavy atom. The third kappa shape index (κ3) is 2.87. The number of hydrogen-bond acceptors (Lipinski definition) is 2. The summed E-state index contributed by atoms with van der Waals surface area (Å²) in [5, 5.41) is 2.22. The van der Waals surface area contributed by atoms with Crippen molar-refractivity contribution in [3.05, 3.63) is 62.5 Å². The molecule has 0 spiro atoms. The summed E-state index contributed by atoms with van der Waals surface area (Å²) in [5.41, 5.74) is -0.900. The van der Waals surface area contributed by atoms with E-state index in [0.717, 1.165) is 6.07 Å². The second-order valence-electron chi connectivity index (χ2n) is 3.62. The lowest BCUT2D eigenvalue weighted by Gasteiger charge is -2.08. The van der Waals surface area contributed by atoms with Crippen molar-refractivity contribution < 1.29 is 13.6 Å². The van der Waals surface area contributed by atoms with Crippen LogP contribution in [0.2, 0.25) is 0 Å². The topological polar surface area (TPSA) is 62.0 Å². The van der Waals surface area contributed by atoms with Gasteiger partial charge in [0.05, 0.1) is 5.69 Å². The number of benzene rings is 1. The predicted molar refractivity (Wildman–Crippen MR) is 69.1 cm³/mol. The van der Waals surface area contributed by atoms with Gasteiger partial charge in [0.25, 0.3) is 5.91 Å². The Kier molecular flexibility index (Phi) is 3.75. The molecule has 2 aromatic rings. The van der Waals surface area contributed by atoms with Gasteiger partial charge in [0.2, 0.25) is 0 Å². The molecule has 2 rings (SSSR count). The summed E-state index contributed by atoms with van der Waals surface area (Å²) >= 11 is 2.94. The molecule has 2 N–H and O–H groups in total. The first kappa shape index (κ1) is 13.4. The van der Waals surface area contributed by atoms with Crippen molar-refractivity contribution in [3.8, 4) is 0 Å². The Bertz CT molecular complexity index is 677. The maximum Gasteiger partial charge on any atom is 0.261 e. The Morgan fingerprint density at radius 2 is 2.05 bits per heavy atom. The highest BCUT2D eigenvalue weighted by molar-refractivity contribution is 9.10. The third-order valence-electron chi connectivity index (χ3n) is 2.31. The van der Waals surface area contributed by atoms with E-state index >= 15 is 0 Å². The van der Waals surface area contributed by atoms with E-state index in [1.54, 1.807) is 0 Å². The van der Waals surface area contributed by atoms with Crippen LogP contribution >= 0.6 is 15.9 Å². The molecular formula is C12H7BrF2N2O2. The number of aromatic amines is 1. The van der Waals surface area contributed by atoms with E-state index in [4.69, 9.17) is 0 Å². The van der Waals surface area contributed by atoms with Gasteiger partial charge in [-0.25, -0.2) is 8.78 Å². The molecule has 0 radical (unpaired) electrons. The molecule has 4 nitrogen and oxygen atoms in total. The average Bonchev–Trinajstić information content (AvgIpc) is 2.34. The summed E-state index contributed by atoms with van der Waals surface area (Å²) in [6.45, 7) is 0. The van der Waals surface area contributed by atoms with Crippen molar-refractivity contribution in [2.75, 3.05) is 5.32 Å². The first-order valence-electron chi connectivity index (χ1n) is 5.12. The summed E-state index contributed by atoms with van der Waals surface area (Å²) in [6, 6.07) is 2.81. The molecule has 0 fully saturated rings. The fourth-order valence-corrected chi connectivity index (χ4v) is 1.94. The van der Waals surface area contributed by atoms with Gasteiger partial charge in [0.1, 0.15) is 11.4 Å². The number of H-pyrrole nitrogens is 1. The van der Waals surface area contributed by atoms with Crippen LogP contribution in [0.4, 0.5) is 14.5 Å². The minimum atomic E-state index is -0.937. The van der Waals surface area contributed by atoms with Crippen LogP contribution < -0.4 is 10.7 Å². The van der Waals surface area contributed by atoms with Crippen LogP contribution in [-0.2, 0) is 0 Å². The van der Waals surface area contributed by atoms with Crippen molar-refractivity contribution in [2.45, 2.75) is 0 Å². The van der Waals surface area contributed by atoms with Crippen molar-refractivity contribution in [3.63, 3.8) is 0 Å². The minimum absolute atomic E-state index is 0.0470. The fraction of sp³-hybridized carbons (Fsp3) is 0. The van der Waals surface area contributed by atoms with Crippen LogP contribution in [0.1, 0.15) is 10.4 Å². The number of anilines is 1. The van der Waals surface area contributed by atoms with Crippen LogP contribution in [-0.4, -0.2) is 10.9 Å². The SMILES string of the molecule is O=C(Nc1c(F)cc(F)cc1Br)c1c[nH]ccc1=O. The summed E-state index contributed by atoms with van der Waals surface area (Å²) < 4.78 is 26.5. The van der Waals surface area contributed by atoms with E-state index in [2.05, 4.69) is 26.2 Å². The van der Waals surface area contributed by atoms with E-state index in [9.17, 15) is 18.4 Å². The number of rotatable bonds is 2. The number of nitrogens with one attached hydrogen (secondary N) is 2. The number of hydrogen-bond donors (Lipinski definition) is 2. The normalized spacial score (nSPS) is 10.3. The number of halogens is 3. The average molecular weight is 329 g/mol. The van der Waals surface area contributed by atoms with Gasteiger partial charge in [0.15, 0.2) is 11.2 Å². The Hall–Kier alpha value is -2.02. The fourth-order valence-electron chi connectivity index (χ4n) is 1.44. The van der Waals surface area contributed by atoms with Crippen LogP contribution in [0, 0.1) is 11.6 Å². The van der Waals surface area contributed by atoms with E-state index < -0.39 is 23.0 Å². The molecule has 0 aliphatic heterocycles. The second-order valence-corrected chi connectivity index (χ2v) is 4.48. The largest absolute Gasteiger partial charge is 0.367 e. The van der Waals surface area contributed by atoms with Crippen molar-refractivity contribution in [1.82, 2.24) is 4.98 Å². The number of pyridine rings is 1. The molecule has 1 aromatic carbocycles. The Balaban J connectivity index is 2.35. The molecule has 0 atom stereocenters. The highest BCUT2D eigenvalue weighted by atomic mass is 79.9. The van der Waals surface area contributed by atoms with Gasteiger partial charge in [-0.1, -0.05) is 0 Å². The van der Waals surface area contributed by atoms with Crippen LogP contribution in [0.25, 0.3) is 0 Å². The number of aromatic nitrogens is 1. The lowest BCUT2D eigenvalue weighted by Crippen LogP contribution is -2.21. The highest BCUT2D eigenvalue weighted by Crippen LogP contribution is 2.27. The monoisotopic (exact) mass is 328 g/mol. The zero-order valence-corrected chi connectivity index (χ0v) is 10.9. The quantitative estimate of drug-likeness (QED) is 0.890. The molecule has 1 aromatic heterocycles. The maximum atomic E-state index is 13.5. The first-order valence-corrected chi connectivity index (χ1v) is 5.91. The van der Waals surface area contributed by atoms with Crippen LogP contribution in [0.15, 0.2) is 39.9 Å². The molecule has 19 heavy (non-hydrogen) atoms. The van der Waals surface area contributed by atoms with Gasteiger partial charge in [-0.05, 0) is 22.0 Å². The third-order valence-corrected chi connectivity index (χ3v) is 2.94. The number of amides is 1. The molecular weight excluding hydrogens is 322 g/mol. The highest BCUT2D eigenvalue weighted by Gasteiger charge is 2.15. The molecule has 0 aliphatic carbocycles. The summed E-state index contributed by atoms with van der Waals surface area (Å²) in [6.07, 6.45) is 2.57. The van der Waals surface area contributed by atoms with Crippen molar-refractivity contribution in [1.29, 1.82) is 0 Å². The minimum Gasteiger partial charge on any atom is -0.367 e. The van der Waals surface area contributed by atoms with Gasteiger partial charge in [-0.2, -0.15) is 0 Å². The van der Waals surface area contributed by atoms with Gasteiger partial charge < -0.3 is 10.3 Å². The molecule has 1 amide bonds. The Morgan fingerprint density at radius 3 is 2.68 bits per heavy atom. The zero-order chi connectivity index (χ0) is 14.0. The van der Waals surface area contributed by atoms with Crippen LogP contribution in [0.3, 0.4) is 0 Å². The van der Waals surface area contributed by atoms with Crippen molar-refractivity contribution in [2.24, 2.45) is 0 Å². The standard InChI is InChI=1S/C12H7BrF2N2O2/c13-8-3-6(14)4-9(15)11(8)17-12(19)7-5-16-2-1-10(7)18/h1-5H,(H,16,18)(H,17,19).